The van der Waals surface area contributed by atoms with Gasteiger partial charge in [-0.3, -0.25) is 9.78 Å². The van der Waals surface area contributed by atoms with Crippen molar-refractivity contribution >= 4 is 11.6 Å². The smallest absolute Gasteiger partial charge is 0.253 e. The SMILES string of the molecule is Cc1ncc(N)cc1C(=O)NC(C)CCCO. The van der Waals surface area contributed by atoms with Crippen LogP contribution in [-0.4, -0.2) is 28.6 Å². The van der Waals surface area contributed by atoms with Crippen LogP contribution < -0.4 is 11.1 Å². The summed E-state index contributed by atoms with van der Waals surface area (Å²) >= 11 is 0. The fourth-order valence-corrected chi connectivity index (χ4v) is 1.55. The van der Waals surface area contributed by atoms with Crippen molar-refractivity contribution in [1.82, 2.24) is 10.3 Å². The van der Waals surface area contributed by atoms with Gasteiger partial charge in [-0.2, -0.15) is 0 Å². The maximum absolute atomic E-state index is 11.9. The van der Waals surface area contributed by atoms with Crippen molar-refractivity contribution in [3.63, 3.8) is 0 Å². The van der Waals surface area contributed by atoms with Crippen molar-refractivity contribution in [2.75, 3.05) is 12.3 Å². The number of aliphatic hydroxyl groups excluding tert-OH is 1. The second kappa shape index (κ2) is 6.20. The number of aryl methyl sites for hydroxylation is 1. The molecule has 0 radical (unpaired) electrons. The summed E-state index contributed by atoms with van der Waals surface area (Å²) in [7, 11) is 0. The Kier molecular flexibility index (Phi) is 4.90. The lowest BCUT2D eigenvalue weighted by atomic mass is 10.1. The Morgan fingerprint density at radius 1 is 1.65 bits per heavy atom. The van der Waals surface area contributed by atoms with Gasteiger partial charge < -0.3 is 16.2 Å². The van der Waals surface area contributed by atoms with Gasteiger partial charge >= 0.3 is 0 Å². The van der Waals surface area contributed by atoms with Gasteiger partial charge in [0.05, 0.1) is 23.1 Å². The van der Waals surface area contributed by atoms with E-state index in [0.29, 0.717) is 23.4 Å². The zero-order valence-electron chi connectivity index (χ0n) is 10.2. The third-order valence-corrected chi connectivity index (χ3v) is 2.53. The molecule has 1 aromatic heterocycles. The highest BCUT2D eigenvalue weighted by molar-refractivity contribution is 5.96. The van der Waals surface area contributed by atoms with Crippen LogP contribution in [0.25, 0.3) is 0 Å². The van der Waals surface area contributed by atoms with Crippen LogP contribution in [0.1, 0.15) is 35.8 Å². The largest absolute Gasteiger partial charge is 0.397 e. The average molecular weight is 237 g/mol. The molecule has 1 unspecified atom stereocenters. The quantitative estimate of drug-likeness (QED) is 0.708. The molecule has 1 atom stereocenters. The third kappa shape index (κ3) is 4.03. The number of nitrogens with two attached hydrogens (primary N) is 1. The third-order valence-electron chi connectivity index (χ3n) is 2.53. The first-order chi connectivity index (χ1) is 8.04. The summed E-state index contributed by atoms with van der Waals surface area (Å²) < 4.78 is 0. The Labute approximate surface area is 101 Å². The fourth-order valence-electron chi connectivity index (χ4n) is 1.55. The number of aliphatic hydroxyl groups is 1. The number of nitrogens with zero attached hydrogens (tertiary/aromatic N) is 1. The van der Waals surface area contributed by atoms with Crippen molar-refractivity contribution in [2.24, 2.45) is 0 Å². The van der Waals surface area contributed by atoms with Crippen LogP contribution in [0, 0.1) is 6.92 Å². The molecule has 17 heavy (non-hydrogen) atoms. The lowest BCUT2D eigenvalue weighted by Crippen LogP contribution is -2.33. The van der Waals surface area contributed by atoms with Crippen LogP contribution in [0.15, 0.2) is 12.3 Å². The molecule has 0 fully saturated rings. The van der Waals surface area contributed by atoms with E-state index in [4.69, 9.17) is 10.8 Å². The highest BCUT2D eigenvalue weighted by Gasteiger charge is 2.12. The van der Waals surface area contributed by atoms with Crippen LogP contribution in [0.3, 0.4) is 0 Å². The number of nitrogens with one attached hydrogen (secondary N) is 1. The van der Waals surface area contributed by atoms with Crippen molar-refractivity contribution in [1.29, 1.82) is 0 Å². The topological polar surface area (TPSA) is 88.2 Å². The zero-order chi connectivity index (χ0) is 12.8. The number of carbonyl (C=O) groups excluding carboxylic acids is 1. The van der Waals surface area contributed by atoms with E-state index < -0.39 is 0 Å². The van der Waals surface area contributed by atoms with E-state index in [9.17, 15) is 4.79 Å². The zero-order valence-corrected chi connectivity index (χ0v) is 10.2. The molecule has 0 saturated heterocycles. The van der Waals surface area contributed by atoms with Gasteiger partial charge in [0.1, 0.15) is 0 Å². The molecule has 5 nitrogen and oxygen atoms in total. The predicted molar refractivity (Wildman–Crippen MR) is 66.6 cm³/mol. The van der Waals surface area contributed by atoms with Crippen molar-refractivity contribution in [3.8, 4) is 0 Å². The van der Waals surface area contributed by atoms with Gasteiger partial charge in [-0.25, -0.2) is 0 Å². The van der Waals surface area contributed by atoms with Gasteiger partial charge in [0.15, 0.2) is 0 Å². The summed E-state index contributed by atoms with van der Waals surface area (Å²) in [6.45, 7) is 3.81. The molecule has 0 aliphatic rings. The molecular weight excluding hydrogens is 218 g/mol. The van der Waals surface area contributed by atoms with Gasteiger partial charge in [-0.05, 0) is 32.8 Å². The molecule has 4 N–H and O–H groups in total. The van der Waals surface area contributed by atoms with E-state index in [1.54, 1.807) is 13.0 Å². The summed E-state index contributed by atoms with van der Waals surface area (Å²) in [4.78, 5) is 16.0. The number of amides is 1. The summed E-state index contributed by atoms with van der Waals surface area (Å²) in [5.74, 6) is -0.173. The van der Waals surface area contributed by atoms with E-state index in [0.717, 1.165) is 6.42 Å². The van der Waals surface area contributed by atoms with Crippen LogP contribution in [0.5, 0.6) is 0 Å². The Morgan fingerprint density at radius 2 is 2.35 bits per heavy atom. The number of anilines is 1. The number of hydrogen-bond donors (Lipinski definition) is 3. The Bertz CT molecular complexity index is 393. The van der Waals surface area contributed by atoms with Crippen LogP contribution in [0.4, 0.5) is 5.69 Å². The molecule has 1 aromatic rings. The van der Waals surface area contributed by atoms with Crippen molar-refractivity contribution in [3.05, 3.63) is 23.5 Å². The molecule has 0 aromatic carbocycles. The minimum Gasteiger partial charge on any atom is -0.397 e. The van der Waals surface area contributed by atoms with Crippen molar-refractivity contribution in [2.45, 2.75) is 32.7 Å². The minimum atomic E-state index is -0.173. The fraction of sp³-hybridized carbons (Fsp3) is 0.500. The van der Waals surface area contributed by atoms with E-state index >= 15 is 0 Å². The Morgan fingerprint density at radius 3 is 3.00 bits per heavy atom. The summed E-state index contributed by atoms with van der Waals surface area (Å²) in [5, 5.41) is 11.6. The predicted octanol–water partition coefficient (Wildman–Crippen LogP) is 0.863. The van der Waals surface area contributed by atoms with Gasteiger partial charge in [0.2, 0.25) is 0 Å². The monoisotopic (exact) mass is 237 g/mol. The lowest BCUT2D eigenvalue weighted by molar-refractivity contribution is 0.0935. The first-order valence-electron chi connectivity index (χ1n) is 5.68. The average Bonchev–Trinajstić information content (AvgIpc) is 2.29. The molecule has 0 aliphatic carbocycles. The maximum Gasteiger partial charge on any atom is 0.253 e. The van der Waals surface area contributed by atoms with Gasteiger partial charge in [-0.15, -0.1) is 0 Å². The normalized spacial score (nSPS) is 12.2. The van der Waals surface area contributed by atoms with Crippen LogP contribution in [0.2, 0.25) is 0 Å². The number of rotatable bonds is 5. The number of nitrogen functional groups attached to an aromatic ring is 1. The molecule has 1 amide bonds. The number of hydrogen-bond acceptors (Lipinski definition) is 4. The minimum absolute atomic E-state index is 0.0236. The lowest BCUT2D eigenvalue weighted by Gasteiger charge is -2.14. The molecule has 94 valence electrons. The van der Waals surface area contributed by atoms with E-state index in [2.05, 4.69) is 10.3 Å². The van der Waals surface area contributed by atoms with Crippen LogP contribution >= 0.6 is 0 Å². The second-order valence-electron chi connectivity index (χ2n) is 4.14. The first-order valence-corrected chi connectivity index (χ1v) is 5.68. The molecule has 0 bridgehead atoms. The molecule has 0 saturated carbocycles. The highest BCUT2D eigenvalue weighted by atomic mass is 16.2. The van der Waals surface area contributed by atoms with Crippen molar-refractivity contribution < 1.29 is 9.90 Å². The summed E-state index contributed by atoms with van der Waals surface area (Å²) in [6.07, 6.45) is 2.95. The van der Waals surface area contributed by atoms with E-state index in [1.165, 1.54) is 6.20 Å². The Hall–Kier alpha value is -1.62. The number of aromatic nitrogens is 1. The standard InChI is InChI=1S/C12H19N3O2/c1-8(4-3-5-16)15-12(17)11-6-10(13)7-14-9(11)2/h6-8,16H,3-5,13H2,1-2H3,(H,15,17). The van der Waals surface area contributed by atoms with E-state index in [1.807, 2.05) is 6.92 Å². The molecule has 1 rings (SSSR count). The molecule has 0 spiro atoms. The van der Waals surface area contributed by atoms with E-state index in [-0.39, 0.29) is 18.6 Å². The van der Waals surface area contributed by atoms with Gasteiger partial charge in [0, 0.05) is 12.6 Å². The molecular formula is C12H19N3O2. The summed E-state index contributed by atoms with van der Waals surface area (Å²) in [5.41, 5.74) is 7.24. The first kappa shape index (κ1) is 13.4. The number of carbonyl (C=O) groups is 1. The molecule has 1 heterocycles. The molecule has 5 heteroatoms. The Balaban J connectivity index is 2.66. The summed E-state index contributed by atoms with van der Waals surface area (Å²) in [6, 6.07) is 1.65. The van der Waals surface area contributed by atoms with Gasteiger partial charge in [-0.1, -0.05) is 0 Å². The number of pyridine rings is 1. The van der Waals surface area contributed by atoms with Gasteiger partial charge in [0.25, 0.3) is 5.91 Å². The second-order valence-corrected chi connectivity index (χ2v) is 4.14. The molecule has 0 aliphatic heterocycles. The van der Waals surface area contributed by atoms with Crippen LogP contribution in [-0.2, 0) is 0 Å². The highest BCUT2D eigenvalue weighted by Crippen LogP contribution is 2.10. The maximum atomic E-state index is 11.9.